The van der Waals surface area contributed by atoms with Crippen LogP contribution in [-0.2, 0) is 0 Å². The molecule has 1 aromatic rings. The lowest BCUT2D eigenvalue weighted by Crippen LogP contribution is -2.14. The SMILES string of the molecule is COc1cc(NCC2(CC#N)CC2)ccc1Cl. The summed E-state index contributed by atoms with van der Waals surface area (Å²) in [4.78, 5) is 0. The fourth-order valence-corrected chi connectivity index (χ4v) is 2.01. The lowest BCUT2D eigenvalue weighted by Gasteiger charge is -2.14. The highest BCUT2D eigenvalue weighted by atomic mass is 35.5. The summed E-state index contributed by atoms with van der Waals surface area (Å²) in [6, 6.07) is 7.87. The van der Waals surface area contributed by atoms with Gasteiger partial charge in [0, 0.05) is 30.1 Å². The van der Waals surface area contributed by atoms with Gasteiger partial charge in [0.2, 0.25) is 0 Å². The van der Waals surface area contributed by atoms with Gasteiger partial charge < -0.3 is 10.1 Å². The minimum atomic E-state index is 0.196. The Balaban J connectivity index is 1.98. The predicted molar refractivity (Wildman–Crippen MR) is 68.4 cm³/mol. The molecular formula is C13H15ClN2O. The molecule has 1 aliphatic rings. The zero-order chi connectivity index (χ0) is 12.3. The Morgan fingerprint density at radius 1 is 1.53 bits per heavy atom. The van der Waals surface area contributed by atoms with Crippen molar-refractivity contribution < 1.29 is 4.74 Å². The van der Waals surface area contributed by atoms with Gasteiger partial charge in [0.05, 0.1) is 18.2 Å². The highest BCUT2D eigenvalue weighted by Crippen LogP contribution is 2.48. The number of nitriles is 1. The van der Waals surface area contributed by atoms with Gasteiger partial charge in [-0.2, -0.15) is 5.26 Å². The zero-order valence-electron chi connectivity index (χ0n) is 9.79. The Kier molecular flexibility index (Phi) is 3.44. The van der Waals surface area contributed by atoms with Gasteiger partial charge >= 0.3 is 0 Å². The molecule has 3 nitrogen and oxygen atoms in total. The van der Waals surface area contributed by atoms with Crippen LogP contribution in [0.2, 0.25) is 5.02 Å². The Labute approximate surface area is 106 Å². The molecule has 0 heterocycles. The minimum absolute atomic E-state index is 0.196. The van der Waals surface area contributed by atoms with Crippen molar-refractivity contribution in [2.45, 2.75) is 19.3 Å². The monoisotopic (exact) mass is 250 g/mol. The van der Waals surface area contributed by atoms with Crippen LogP contribution in [0.15, 0.2) is 18.2 Å². The number of anilines is 1. The molecule has 1 aliphatic carbocycles. The summed E-state index contributed by atoms with van der Waals surface area (Å²) >= 11 is 5.95. The van der Waals surface area contributed by atoms with Crippen LogP contribution in [0.3, 0.4) is 0 Å². The van der Waals surface area contributed by atoms with E-state index in [9.17, 15) is 0 Å². The molecule has 0 aliphatic heterocycles. The summed E-state index contributed by atoms with van der Waals surface area (Å²) < 4.78 is 5.16. The van der Waals surface area contributed by atoms with Gasteiger partial charge in [0.25, 0.3) is 0 Å². The van der Waals surface area contributed by atoms with Gasteiger partial charge in [-0.3, -0.25) is 0 Å². The summed E-state index contributed by atoms with van der Waals surface area (Å²) in [5.41, 5.74) is 1.18. The number of benzene rings is 1. The van der Waals surface area contributed by atoms with Crippen molar-refractivity contribution in [2.24, 2.45) is 5.41 Å². The number of hydrogen-bond acceptors (Lipinski definition) is 3. The summed E-state index contributed by atoms with van der Waals surface area (Å²) in [5.74, 6) is 0.668. The molecule has 0 spiro atoms. The van der Waals surface area contributed by atoms with Crippen LogP contribution in [0.25, 0.3) is 0 Å². The molecule has 1 fully saturated rings. The van der Waals surface area contributed by atoms with E-state index in [1.165, 1.54) is 0 Å². The third-order valence-corrected chi connectivity index (χ3v) is 3.54. The van der Waals surface area contributed by atoms with Gasteiger partial charge in [-0.15, -0.1) is 0 Å². The van der Waals surface area contributed by atoms with E-state index in [1.54, 1.807) is 7.11 Å². The molecule has 4 heteroatoms. The Bertz CT molecular complexity index is 449. The Morgan fingerprint density at radius 3 is 2.88 bits per heavy atom. The number of nitrogens with zero attached hydrogens (tertiary/aromatic N) is 1. The van der Waals surface area contributed by atoms with E-state index in [2.05, 4.69) is 11.4 Å². The Morgan fingerprint density at radius 2 is 2.29 bits per heavy atom. The molecule has 0 unspecified atom stereocenters. The van der Waals surface area contributed by atoms with Crippen molar-refractivity contribution in [2.75, 3.05) is 19.0 Å². The molecule has 1 N–H and O–H groups in total. The summed E-state index contributed by atoms with van der Waals surface area (Å²) in [5, 5.41) is 12.7. The lowest BCUT2D eigenvalue weighted by atomic mass is 10.0. The molecule has 0 bridgehead atoms. The smallest absolute Gasteiger partial charge is 0.139 e. The Hall–Kier alpha value is -1.40. The molecule has 0 amide bonds. The number of nitrogens with one attached hydrogen (secondary N) is 1. The number of ether oxygens (including phenoxy) is 1. The second kappa shape index (κ2) is 4.85. The fraction of sp³-hybridized carbons (Fsp3) is 0.462. The third kappa shape index (κ3) is 2.83. The first-order chi connectivity index (χ1) is 8.19. The first-order valence-electron chi connectivity index (χ1n) is 5.63. The van der Waals surface area contributed by atoms with E-state index in [1.807, 2.05) is 18.2 Å². The molecule has 0 radical (unpaired) electrons. The van der Waals surface area contributed by atoms with Crippen LogP contribution in [0.5, 0.6) is 5.75 Å². The molecule has 1 saturated carbocycles. The van der Waals surface area contributed by atoms with Crippen LogP contribution in [0.1, 0.15) is 19.3 Å². The fourth-order valence-electron chi connectivity index (χ4n) is 1.82. The van der Waals surface area contributed by atoms with Crippen LogP contribution >= 0.6 is 11.6 Å². The average Bonchev–Trinajstić information content (AvgIpc) is 3.09. The number of methoxy groups -OCH3 is 1. The standard InChI is InChI=1S/C13H15ClN2O/c1-17-12-8-10(2-3-11(12)14)16-9-13(4-5-13)6-7-15/h2-3,8,16H,4-6,9H2,1H3. The van der Waals surface area contributed by atoms with Gasteiger partial charge in [0.1, 0.15) is 5.75 Å². The van der Waals surface area contributed by atoms with Crippen molar-refractivity contribution in [3.05, 3.63) is 23.2 Å². The van der Waals surface area contributed by atoms with Gasteiger partial charge in [-0.1, -0.05) is 11.6 Å². The van der Waals surface area contributed by atoms with Crippen LogP contribution < -0.4 is 10.1 Å². The van der Waals surface area contributed by atoms with Crippen molar-refractivity contribution in [1.29, 1.82) is 5.26 Å². The molecule has 2 rings (SSSR count). The summed E-state index contributed by atoms with van der Waals surface area (Å²) in [6.45, 7) is 0.839. The predicted octanol–water partition coefficient (Wildman–Crippen LogP) is 3.45. The maximum Gasteiger partial charge on any atom is 0.139 e. The molecule has 0 saturated heterocycles. The molecule has 1 aromatic carbocycles. The van der Waals surface area contributed by atoms with Gasteiger partial charge in [0.15, 0.2) is 0 Å². The van der Waals surface area contributed by atoms with Crippen LogP contribution in [0, 0.1) is 16.7 Å². The van der Waals surface area contributed by atoms with Gasteiger partial charge in [-0.25, -0.2) is 0 Å². The van der Waals surface area contributed by atoms with E-state index in [0.717, 1.165) is 25.1 Å². The number of hydrogen-bond donors (Lipinski definition) is 1. The summed E-state index contributed by atoms with van der Waals surface area (Å²) in [6.07, 6.45) is 2.90. The maximum atomic E-state index is 8.74. The largest absolute Gasteiger partial charge is 0.495 e. The normalized spacial score (nSPS) is 16.1. The zero-order valence-corrected chi connectivity index (χ0v) is 10.5. The lowest BCUT2D eigenvalue weighted by molar-refractivity contribution is 0.415. The maximum absolute atomic E-state index is 8.74. The van der Waals surface area contributed by atoms with E-state index in [-0.39, 0.29) is 5.41 Å². The molecule has 17 heavy (non-hydrogen) atoms. The van der Waals surface area contributed by atoms with E-state index in [4.69, 9.17) is 21.6 Å². The van der Waals surface area contributed by atoms with E-state index < -0.39 is 0 Å². The van der Waals surface area contributed by atoms with Gasteiger partial charge in [-0.05, 0) is 25.0 Å². The highest BCUT2D eigenvalue weighted by molar-refractivity contribution is 6.32. The van der Waals surface area contributed by atoms with Crippen LogP contribution in [0.4, 0.5) is 5.69 Å². The minimum Gasteiger partial charge on any atom is -0.495 e. The topological polar surface area (TPSA) is 45.0 Å². The average molecular weight is 251 g/mol. The van der Waals surface area contributed by atoms with Crippen molar-refractivity contribution in [3.63, 3.8) is 0 Å². The number of rotatable bonds is 5. The first-order valence-corrected chi connectivity index (χ1v) is 6.01. The quantitative estimate of drug-likeness (QED) is 0.871. The molecule has 0 aromatic heterocycles. The van der Waals surface area contributed by atoms with Crippen LogP contribution in [-0.4, -0.2) is 13.7 Å². The van der Waals surface area contributed by atoms with Crippen molar-refractivity contribution in [3.8, 4) is 11.8 Å². The highest BCUT2D eigenvalue weighted by Gasteiger charge is 2.42. The van der Waals surface area contributed by atoms with Crippen molar-refractivity contribution in [1.82, 2.24) is 0 Å². The van der Waals surface area contributed by atoms with Crippen molar-refractivity contribution >= 4 is 17.3 Å². The molecule has 90 valence electrons. The second-order valence-corrected chi connectivity index (χ2v) is 4.94. The van der Waals surface area contributed by atoms with E-state index >= 15 is 0 Å². The molecule has 0 atom stereocenters. The second-order valence-electron chi connectivity index (χ2n) is 4.54. The third-order valence-electron chi connectivity index (χ3n) is 3.23. The first kappa shape index (κ1) is 12.1. The van der Waals surface area contributed by atoms with E-state index in [0.29, 0.717) is 17.2 Å². The number of halogens is 1. The molecular weight excluding hydrogens is 236 g/mol. The summed E-state index contributed by atoms with van der Waals surface area (Å²) in [7, 11) is 1.60.